The SMILES string of the molecule is CCOC(=O)c1c(NC(=O)CN(C)CC(=O)Nc2cc(Cl)ccc2OC)sc2c1CCC2. The Bertz CT molecular complexity index is 1020. The van der Waals surface area contributed by atoms with Crippen molar-refractivity contribution in [1.29, 1.82) is 0 Å². The van der Waals surface area contributed by atoms with E-state index in [1.165, 1.54) is 18.4 Å². The zero-order valence-electron chi connectivity index (χ0n) is 18.2. The molecule has 0 saturated heterocycles. The maximum Gasteiger partial charge on any atom is 0.341 e. The molecule has 1 aromatic carbocycles. The second kappa shape index (κ2) is 10.8. The van der Waals surface area contributed by atoms with Crippen LogP contribution < -0.4 is 15.4 Å². The topological polar surface area (TPSA) is 97.0 Å². The summed E-state index contributed by atoms with van der Waals surface area (Å²) in [6, 6.07) is 4.92. The number of fused-ring (bicyclic) bond motifs is 1. The van der Waals surface area contributed by atoms with Crippen molar-refractivity contribution in [3.63, 3.8) is 0 Å². The number of esters is 1. The van der Waals surface area contributed by atoms with Gasteiger partial charge in [0, 0.05) is 9.90 Å². The molecule has 1 aliphatic carbocycles. The molecule has 0 radical (unpaired) electrons. The fourth-order valence-corrected chi connectivity index (χ4v) is 5.06. The summed E-state index contributed by atoms with van der Waals surface area (Å²) in [5.74, 6) is -0.555. The lowest BCUT2D eigenvalue weighted by Gasteiger charge is -2.17. The molecule has 2 N–H and O–H groups in total. The van der Waals surface area contributed by atoms with Gasteiger partial charge < -0.3 is 20.1 Å². The lowest BCUT2D eigenvalue weighted by Crippen LogP contribution is -2.36. The molecule has 1 aliphatic rings. The normalized spacial score (nSPS) is 12.4. The molecule has 0 unspecified atom stereocenters. The first-order chi connectivity index (χ1) is 15.3. The average Bonchev–Trinajstić information content (AvgIpc) is 3.28. The third-order valence-electron chi connectivity index (χ3n) is 4.92. The Morgan fingerprint density at radius 3 is 2.56 bits per heavy atom. The fourth-order valence-electron chi connectivity index (χ4n) is 3.59. The number of nitrogens with zero attached hydrogens (tertiary/aromatic N) is 1. The molecular formula is C22H26ClN3O5S. The number of aryl methyl sites for hydroxylation is 1. The molecule has 0 bridgehead atoms. The number of hydrogen-bond acceptors (Lipinski definition) is 7. The first kappa shape index (κ1) is 24.0. The van der Waals surface area contributed by atoms with Gasteiger partial charge in [-0.3, -0.25) is 14.5 Å². The van der Waals surface area contributed by atoms with Crippen LogP contribution >= 0.6 is 22.9 Å². The smallest absolute Gasteiger partial charge is 0.341 e. The number of halogens is 1. The molecule has 10 heteroatoms. The molecule has 2 aromatic rings. The summed E-state index contributed by atoms with van der Waals surface area (Å²) in [7, 11) is 3.16. The molecule has 1 aromatic heterocycles. The van der Waals surface area contributed by atoms with Gasteiger partial charge in [-0.05, 0) is 57.0 Å². The maximum atomic E-state index is 12.6. The maximum absolute atomic E-state index is 12.6. The Morgan fingerprint density at radius 1 is 1.16 bits per heavy atom. The van der Waals surface area contributed by atoms with E-state index in [1.807, 2.05) is 0 Å². The van der Waals surface area contributed by atoms with Crippen LogP contribution in [-0.2, 0) is 27.2 Å². The van der Waals surface area contributed by atoms with Crippen molar-refractivity contribution in [2.45, 2.75) is 26.2 Å². The zero-order chi connectivity index (χ0) is 23.3. The van der Waals surface area contributed by atoms with Gasteiger partial charge >= 0.3 is 5.97 Å². The summed E-state index contributed by atoms with van der Waals surface area (Å²) in [4.78, 5) is 40.1. The Kier molecular flexibility index (Phi) is 8.11. The highest BCUT2D eigenvalue weighted by molar-refractivity contribution is 7.17. The summed E-state index contributed by atoms with van der Waals surface area (Å²) in [5, 5.41) is 6.55. The van der Waals surface area contributed by atoms with Crippen LogP contribution in [0.3, 0.4) is 0 Å². The van der Waals surface area contributed by atoms with E-state index in [1.54, 1.807) is 37.1 Å². The molecule has 8 nitrogen and oxygen atoms in total. The number of nitrogens with one attached hydrogen (secondary N) is 2. The summed E-state index contributed by atoms with van der Waals surface area (Å²) < 4.78 is 10.4. The summed E-state index contributed by atoms with van der Waals surface area (Å²) in [5.41, 5.74) is 1.90. The summed E-state index contributed by atoms with van der Waals surface area (Å²) in [6.07, 6.45) is 2.70. The van der Waals surface area contributed by atoms with Gasteiger partial charge in [0.25, 0.3) is 0 Å². The van der Waals surface area contributed by atoms with Crippen molar-refractivity contribution in [2.75, 3.05) is 44.5 Å². The fraction of sp³-hybridized carbons (Fsp3) is 0.409. The van der Waals surface area contributed by atoms with E-state index in [-0.39, 0.29) is 31.5 Å². The van der Waals surface area contributed by atoms with Crippen LogP contribution in [0.15, 0.2) is 18.2 Å². The molecule has 0 spiro atoms. The van der Waals surface area contributed by atoms with Crippen molar-refractivity contribution >= 4 is 51.4 Å². The number of amides is 2. The van der Waals surface area contributed by atoms with Gasteiger partial charge in [0.2, 0.25) is 11.8 Å². The molecule has 172 valence electrons. The number of benzene rings is 1. The van der Waals surface area contributed by atoms with Crippen LogP contribution in [0.2, 0.25) is 5.02 Å². The number of thiophene rings is 1. The number of methoxy groups -OCH3 is 1. The Morgan fingerprint density at radius 2 is 1.88 bits per heavy atom. The predicted octanol–water partition coefficient (Wildman–Crippen LogP) is 3.58. The van der Waals surface area contributed by atoms with Gasteiger partial charge in [0.05, 0.1) is 38.1 Å². The number of likely N-dealkylation sites (N-methyl/N-ethyl adjacent to an activating group) is 1. The highest BCUT2D eigenvalue weighted by Crippen LogP contribution is 2.39. The van der Waals surface area contributed by atoms with E-state index in [2.05, 4.69) is 10.6 Å². The van der Waals surface area contributed by atoms with Gasteiger partial charge in [0.15, 0.2) is 0 Å². The van der Waals surface area contributed by atoms with Crippen LogP contribution in [0.25, 0.3) is 0 Å². The molecule has 2 amide bonds. The van der Waals surface area contributed by atoms with E-state index >= 15 is 0 Å². The van der Waals surface area contributed by atoms with Crippen LogP contribution in [-0.4, -0.2) is 56.5 Å². The first-order valence-corrected chi connectivity index (χ1v) is 11.4. The molecule has 0 atom stereocenters. The van der Waals surface area contributed by atoms with E-state index in [0.29, 0.717) is 27.0 Å². The van der Waals surface area contributed by atoms with Gasteiger partial charge in [-0.1, -0.05) is 11.6 Å². The third-order valence-corrected chi connectivity index (χ3v) is 6.36. The number of hydrogen-bond donors (Lipinski definition) is 2. The highest BCUT2D eigenvalue weighted by Gasteiger charge is 2.28. The average molecular weight is 480 g/mol. The van der Waals surface area contributed by atoms with E-state index in [9.17, 15) is 14.4 Å². The van der Waals surface area contributed by atoms with Crippen molar-refractivity contribution in [3.05, 3.63) is 39.2 Å². The van der Waals surface area contributed by atoms with Crippen molar-refractivity contribution in [2.24, 2.45) is 0 Å². The van der Waals surface area contributed by atoms with Crippen molar-refractivity contribution in [3.8, 4) is 5.75 Å². The Hall–Kier alpha value is -2.62. The zero-order valence-corrected chi connectivity index (χ0v) is 19.8. The Balaban J connectivity index is 1.59. The number of rotatable bonds is 9. The van der Waals surface area contributed by atoms with Crippen LogP contribution in [0, 0.1) is 0 Å². The first-order valence-electron chi connectivity index (χ1n) is 10.3. The monoisotopic (exact) mass is 479 g/mol. The van der Waals surface area contributed by atoms with Crippen LogP contribution in [0.1, 0.15) is 34.1 Å². The minimum Gasteiger partial charge on any atom is -0.495 e. The summed E-state index contributed by atoms with van der Waals surface area (Å²) in [6.45, 7) is 1.98. The number of carbonyl (C=O) groups is 3. The van der Waals surface area contributed by atoms with Gasteiger partial charge in [-0.15, -0.1) is 11.3 Å². The lowest BCUT2D eigenvalue weighted by atomic mass is 10.1. The van der Waals surface area contributed by atoms with Crippen molar-refractivity contribution < 1.29 is 23.9 Å². The molecule has 0 fully saturated rings. The lowest BCUT2D eigenvalue weighted by molar-refractivity contribution is -0.119. The molecule has 32 heavy (non-hydrogen) atoms. The second-order valence-electron chi connectivity index (χ2n) is 7.40. The number of carbonyl (C=O) groups excluding carboxylic acids is 3. The standard InChI is InChI=1S/C22H26ClN3O5S/c1-4-31-22(29)20-14-6-5-7-17(14)32-21(20)25-19(28)12-26(2)11-18(27)24-15-10-13(23)8-9-16(15)30-3/h8-10H,4-7,11-12H2,1-3H3,(H,24,27)(H,25,28). The largest absolute Gasteiger partial charge is 0.495 e. The van der Waals surface area contributed by atoms with Crippen molar-refractivity contribution in [1.82, 2.24) is 4.90 Å². The quantitative estimate of drug-likeness (QED) is 0.533. The van der Waals surface area contributed by atoms with E-state index < -0.39 is 5.97 Å². The van der Waals surface area contributed by atoms with E-state index in [4.69, 9.17) is 21.1 Å². The highest BCUT2D eigenvalue weighted by atomic mass is 35.5. The van der Waals surface area contributed by atoms with E-state index in [0.717, 1.165) is 29.7 Å². The van der Waals surface area contributed by atoms with Gasteiger partial charge in [-0.2, -0.15) is 0 Å². The Labute approximate surface area is 195 Å². The second-order valence-corrected chi connectivity index (χ2v) is 8.94. The predicted molar refractivity (Wildman–Crippen MR) is 125 cm³/mol. The number of anilines is 2. The van der Waals surface area contributed by atoms with Gasteiger partial charge in [0.1, 0.15) is 10.8 Å². The van der Waals surface area contributed by atoms with Gasteiger partial charge in [-0.25, -0.2) is 4.79 Å². The molecule has 0 saturated carbocycles. The summed E-state index contributed by atoms with van der Waals surface area (Å²) >= 11 is 7.41. The molecule has 1 heterocycles. The molecular weight excluding hydrogens is 454 g/mol. The number of ether oxygens (including phenoxy) is 2. The van der Waals surface area contributed by atoms with Crippen LogP contribution in [0.5, 0.6) is 5.75 Å². The minimum absolute atomic E-state index is 0.0191. The van der Waals surface area contributed by atoms with Crippen LogP contribution in [0.4, 0.5) is 10.7 Å². The minimum atomic E-state index is -0.412. The molecule has 0 aliphatic heterocycles. The molecule has 3 rings (SSSR count). The third kappa shape index (κ3) is 5.79.